The number of nitrogens with one attached hydrogen (secondary N) is 1. The summed E-state index contributed by atoms with van der Waals surface area (Å²) in [7, 11) is 3.21. The Kier molecular flexibility index (Phi) is 6.94. The van der Waals surface area contributed by atoms with Crippen LogP contribution in [0.15, 0.2) is 71.2 Å². The van der Waals surface area contributed by atoms with E-state index in [9.17, 15) is 4.79 Å². The normalized spacial score (nSPS) is 11.6. The predicted molar refractivity (Wildman–Crippen MR) is 120 cm³/mol. The average Bonchev–Trinajstić information content (AvgIpc) is 2.74. The van der Waals surface area contributed by atoms with Gasteiger partial charge < -0.3 is 14.8 Å². The molecule has 29 heavy (non-hydrogen) atoms. The summed E-state index contributed by atoms with van der Waals surface area (Å²) in [4.78, 5) is 13.0. The van der Waals surface area contributed by atoms with Gasteiger partial charge >= 0.3 is 0 Å². The Balaban J connectivity index is 1.91. The van der Waals surface area contributed by atoms with Crippen LogP contribution in [0, 0.1) is 6.92 Å². The molecule has 0 fully saturated rings. The minimum absolute atomic E-state index is 0.0781. The Bertz CT molecular complexity index is 968. The second-order valence-corrected chi connectivity index (χ2v) is 7.73. The molecule has 1 atom stereocenters. The third-order valence-corrected chi connectivity index (χ3v) is 5.29. The van der Waals surface area contributed by atoms with Crippen LogP contribution in [0.1, 0.15) is 33.9 Å². The highest BCUT2D eigenvalue weighted by atomic mass is 79.9. The zero-order valence-corrected chi connectivity index (χ0v) is 18.3. The van der Waals surface area contributed by atoms with Crippen molar-refractivity contribution in [1.82, 2.24) is 0 Å². The fourth-order valence-electron chi connectivity index (χ4n) is 3.11. The van der Waals surface area contributed by atoms with Gasteiger partial charge in [-0.2, -0.15) is 0 Å². The number of anilines is 1. The Morgan fingerprint density at radius 2 is 1.59 bits per heavy atom. The number of ketones is 1. The van der Waals surface area contributed by atoms with E-state index >= 15 is 0 Å². The lowest BCUT2D eigenvalue weighted by Crippen LogP contribution is -2.16. The molecule has 0 saturated carbocycles. The van der Waals surface area contributed by atoms with Gasteiger partial charge in [-0.15, -0.1) is 0 Å². The lowest BCUT2D eigenvalue weighted by Gasteiger charge is -2.21. The number of hydrogen-bond donors (Lipinski definition) is 1. The molecule has 3 rings (SSSR count). The minimum atomic E-state index is -0.218. The van der Waals surface area contributed by atoms with Crippen LogP contribution in [-0.4, -0.2) is 20.0 Å². The van der Waals surface area contributed by atoms with Crippen molar-refractivity contribution in [1.29, 1.82) is 0 Å². The molecular formula is C24H24BrNO3. The Hall–Kier alpha value is -2.79. The molecule has 150 valence electrons. The highest BCUT2D eigenvalue weighted by molar-refractivity contribution is 9.10. The van der Waals surface area contributed by atoms with Crippen LogP contribution in [0.3, 0.4) is 0 Å². The van der Waals surface area contributed by atoms with Gasteiger partial charge in [0, 0.05) is 22.1 Å². The zero-order chi connectivity index (χ0) is 20.8. The van der Waals surface area contributed by atoms with Gasteiger partial charge in [0.15, 0.2) is 17.3 Å². The van der Waals surface area contributed by atoms with Gasteiger partial charge in [0.25, 0.3) is 0 Å². The van der Waals surface area contributed by atoms with E-state index in [1.807, 2.05) is 73.7 Å². The van der Waals surface area contributed by atoms with E-state index in [4.69, 9.17) is 9.47 Å². The molecule has 0 aliphatic heterocycles. The smallest absolute Gasteiger partial charge is 0.165 e. The molecule has 0 bridgehead atoms. The molecule has 4 nitrogen and oxygen atoms in total. The van der Waals surface area contributed by atoms with Gasteiger partial charge in [-0.3, -0.25) is 4.79 Å². The summed E-state index contributed by atoms with van der Waals surface area (Å²) in [5.41, 5.74) is 3.72. The fourth-order valence-corrected chi connectivity index (χ4v) is 3.38. The molecule has 3 aromatic carbocycles. The van der Waals surface area contributed by atoms with Crippen molar-refractivity contribution in [2.45, 2.75) is 19.4 Å². The molecule has 0 amide bonds. The number of ether oxygens (including phenoxy) is 2. The highest BCUT2D eigenvalue weighted by Gasteiger charge is 2.19. The van der Waals surface area contributed by atoms with Crippen LogP contribution >= 0.6 is 15.9 Å². The highest BCUT2D eigenvalue weighted by Crippen LogP contribution is 2.33. The van der Waals surface area contributed by atoms with E-state index in [0.29, 0.717) is 23.5 Å². The number of Topliss-reactive ketones (excluding diaryl/α,β-unsaturated/α-hetero) is 1. The van der Waals surface area contributed by atoms with Crippen molar-refractivity contribution in [3.8, 4) is 11.5 Å². The molecule has 0 aromatic heterocycles. The van der Waals surface area contributed by atoms with Gasteiger partial charge in [0.05, 0.1) is 20.3 Å². The Morgan fingerprint density at radius 3 is 2.21 bits per heavy atom. The van der Waals surface area contributed by atoms with E-state index in [1.54, 1.807) is 14.2 Å². The standard InChI is InChI=1S/C24H24BrNO3/c1-16-4-6-17(7-5-16)22(27)15-21(26-20-11-9-19(25)10-12-20)18-8-13-23(28-2)24(14-18)29-3/h4-14,21,26H,15H2,1-3H3/t21-/m0/s1. The summed E-state index contributed by atoms with van der Waals surface area (Å²) in [5.74, 6) is 1.37. The topological polar surface area (TPSA) is 47.6 Å². The molecule has 0 aliphatic rings. The molecule has 5 heteroatoms. The van der Waals surface area contributed by atoms with E-state index in [0.717, 1.165) is 21.3 Å². The third-order valence-electron chi connectivity index (χ3n) is 4.76. The number of carbonyl (C=O) groups is 1. The summed E-state index contributed by atoms with van der Waals surface area (Å²) in [6, 6.07) is 21.1. The third kappa shape index (κ3) is 5.39. The Labute approximate surface area is 180 Å². The second kappa shape index (κ2) is 9.61. The number of carbonyl (C=O) groups excluding carboxylic acids is 1. The van der Waals surface area contributed by atoms with Crippen molar-refractivity contribution in [3.63, 3.8) is 0 Å². The van der Waals surface area contributed by atoms with Crippen molar-refractivity contribution < 1.29 is 14.3 Å². The van der Waals surface area contributed by atoms with E-state index in [2.05, 4.69) is 21.2 Å². The van der Waals surface area contributed by atoms with E-state index < -0.39 is 0 Å². The number of hydrogen-bond acceptors (Lipinski definition) is 4. The second-order valence-electron chi connectivity index (χ2n) is 6.81. The lowest BCUT2D eigenvalue weighted by atomic mass is 9.96. The fraction of sp³-hybridized carbons (Fsp3) is 0.208. The van der Waals surface area contributed by atoms with Crippen molar-refractivity contribution in [2.75, 3.05) is 19.5 Å². The van der Waals surface area contributed by atoms with Gasteiger partial charge in [0.2, 0.25) is 0 Å². The van der Waals surface area contributed by atoms with Crippen LogP contribution in [0.2, 0.25) is 0 Å². The summed E-state index contributed by atoms with van der Waals surface area (Å²) >= 11 is 3.46. The van der Waals surface area contributed by atoms with Crippen LogP contribution in [0.5, 0.6) is 11.5 Å². The van der Waals surface area contributed by atoms with Gasteiger partial charge in [-0.1, -0.05) is 51.8 Å². The van der Waals surface area contributed by atoms with E-state index in [-0.39, 0.29) is 11.8 Å². The number of benzene rings is 3. The molecule has 0 heterocycles. The maximum atomic E-state index is 13.0. The van der Waals surface area contributed by atoms with Crippen molar-refractivity contribution in [3.05, 3.63) is 87.9 Å². The van der Waals surface area contributed by atoms with Gasteiger partial charge in [-0.25, -0.2) is 0 Å². The van der Waals surface area contributed by atoms with Crippen molar-refractivity contribution >= 4 is 27.4 Å². The first-order chi connectivity index (χ1) is 14.0. The maximum Gasteiger partial charge on any atom is 0.165 e. The number of methoxy groups -OCH3 is 2. The first-order valence-corrected chi connectivity index (χ1v) is 10.1. The summed E-state index contributed by atoms with van der Waals surface area (Å²) in [6.07, 6.45) is 0.314. The number of aryl methyl sites for hydroxylation is 1. The van der Waals surface area contributed by atoms with Crippen molar-refractivity contribution in [2.24, 2.45) is 0 Å². The first kappa shape index (κ1) is 20.9. The molecule has 0 radical (unpaired) electrons. The van der Waals surface area contributed by atoms with Crippen LogP contribution in [-0.2, 0) is 0 Å². The van der Waals surface area contributed by atoms with Gasteiger partial charge in [-0.05, 0) is 48.9 Å². The monoisotopic (exact) mass is 453 g/mol. The molecule has 0 unspecified atom stereocenters. The number of rotatable bonds is 8. The molecule has 3 aromatic rings. The molecule has 0 spiro atoms. The average molecular weight is 454 g/mol. The van der Waals surface area contributed by atoms with Gasteiger partial charge in [0.1, 0.15) is 0 Å². The minimum Gasteiger partial charge on any atom is -0.493 e. The molecular weight excluding hydrogens is 430 g/mol. The maximum absolute atomic E-state index is 13.0. The predicted octanol–water partition coefficient (Wildman–Crippen LogP) is 6.20. The molecule has 0 saturated heterocycles. The SMILES string of the molecule is COc1ccc([C@H](CC(=O)c2ccc(C)cc2)Nc2ccc(Br)cc2)cc1OC. The summed E-state index contributed by atoms with van der Waals surface area (Å²) in [5, 5.41) is 3.49. The molecule has 1 N–H and O–H groups in total. The summed E-state index contributed by atoms with van der Waals surface area (Å²) in [6.45, 7) is 2.01. The number of halogens is 1. The summed E-state index contributed by atoms with van der Waals surface area (Å²) < 4.78 is 11.8. The van der Waals surface area contributed by atoms with Crippen LogP contribution in [0.4, 0.5) is 5.69 Å². The Morgan fingerprint density at radius 1 is 0.931 bits per heavy atom. The quantitative estimate of drug-likeness (QED) is 0.412. The lowest BCUT2D eigenvalue weighted by molar-refractivity contribution is 0.0976. The largest absolute Gasteiger partial charge is 0.493 e. The zero-order valence-electron chi connectivity index (χ0n) is 16.7. The van der Waals surface area contributed by atoms with Crippen LogP contribution in [0.25, 0.3) is 0 Å². The molecule has 0 aliphatic carbocycles. The van der Waals surface area contributed by atoms with E-state index in [1.165, 1.54) is 0 Å². The first-order valence-electron chi connectivity index (χ1n) is 9.34. The van der Waals surface area contributed by atoms with Crippen LogP contribution < -0.4 is 14.8 Å².